The highest BCUT2D eigenvalue weighted by Gasteiger charge is 2.24. The molecule has 0 saturated carbocycles. The topological polar surface area (TPSA) is 35.5 Å². The molecule has 0 fully saturated rings. The van der Waals surface area contributed by atoms with Crippen molar-refractivity contribution in [1.29, 1.82) is 0 Å². The third-order valence-electron chi connectivity index (χ3n) is 4.95. The molecule has 4 heteroatoms. The van der Waals surface area contributed by atoms with Gasteiger partial charge in [-0.2, -0.15) is 0 Å². The molecule has 3 nitrogen and oxygen atoms in total. The van der Waals surface area contributed by atoms with Crippen LogP contribution < -0.4 is 4.74 Å². The Labute approximate surface area is 167 Å². The van der Waals surface area contributed by atoms with E-state index in [-0.39, 0.29) is 18.5 Å². The van der Waals surface area contributed by atoms with Gasteiger partial charge in [0, 0.05) is 5.02 Å². The van der Waals surface area contributed by atoms with Crippen LogP contribution in [0.5, 0.6) is 5.75 Å². The second kappa shape index (κ2) is 9.91. The van der Waals surface area contributed by atoms with Crippen molar-refractivity contribution in [2.24, 2.45) is 0 Å². The fourth-order valence-electron chi connectivity index (χ4n) is 3.39. The molecule has 1 unspecified atom stereocenters. The van der Waals surface area contributed by atoms with Gasteiger partial charge in [-0.25, -0.2) is 0 Å². The van der Waals surface area contributed by atoms with Gasteiger partial charge in [0.05, 0.1) is 7.11 Å². The van der Waals surface area contributed by atoms with Crippen LogP contribution in [0.2, 0.25) is 5.02 Å². The SMILES string of the molecule is CCc1c(OC)cccc1[C@@H](OCC(C)=O)c1cc(Cl)ccc1C(C)CC. The van der Waals surface area contributed by atoms with Crippen molar-refractivity contribution < 1.29 is 14.3 Å². The van der Waals surface area contributed by atoms with E-state index in [4.69, 9.17) is 21.1 Å². The predicted molar refractivity (Wildman–Crippen MR) is 111 cm³/mol. The minimum atomic E-state index is -0.373. The minimum absolute atomic E-state index is 0.00642. The van der Waals surface area contributed by atoms with Gasteiger partial charge in [0.25, 0.3) is 0 Å². The molecule has 0 radical (unpaired) electrons. The van der Waals surface area contributed by atoms with Crippen LogP contribution in [0.1, 0.15) is 68.4 Å². The zero-order chi connectivity index (χ0) is 20.0. The second-order valence-electron chi connectivity index (χ2n) is 6.86. The molecule has 0 amide bonds. The largest absolute Gasteiger partial charge is 0.496 e. The van der Waals surface area contributed by atoms with Crippen molar-refractivity contribution >= 4 is 17.4 Å². The van der Waals surface area contributed by atoms with Gasteiger partial charge in [-0.1, -0.05) is 50.6 Å². The lowest BCUT2D eigenvalue weighted by atomic mass is 9.87. The van der Waals surface area contributed by atoms with E-state index in [9.17, 15) is 4.79 Å². The van der Waals surface area contributed by atoms with Gasteiger partial charge < -0.3 is 9.47 Å². The van der Waals surface area contributed by atoms with Crippen molar-refractivity contribution in [2.45, 2.75) is 52.6 Å². The van der Waals surface area contributed by atoms with E-state index < -0.39 is 0 Å². The Kier molecular flexibility index (Phi) is 7.88. The van der Waals surface area contributed by atoms with E-state index in [1.54, 1.807) is 7.11 Å². The Balaban J connectivity index is 2.67. The number of carbonyl (C=O) groups excluding carboxylic acids is 1. The molecule has 2 rings (SSSR count). The normalized spacial score (nSPS) is 13.3. The number of ether oxygens (including phenoxy) is 2. The summed E-state index contributed by atoms with van der Waals surface area (Å²) in [5.74, 6) is 1.18. The van der Waals surface area contributed by atoms with E-state index in [1.165, 1.54) is 12.5 Å². The van der Waals surface area contributed by atoms with Gasteiger partial charge in [0.15, 0.2) is 5.78 Å². The summed E-state index contributed by atoms with van der Waals surface area (Å²) in [6.07, 6.45) is 1.44. The summed E-state index contributed by atoms with van der Waals surface area (Å²) in [7, 11) is 1.67. The predicted octanol–water partition coefficient (Wildman–Crippen LogP) is 6.12. The Morgan fingerprint density at radius 1 is 1.11 bits per heavy atom. The molecule has 0 aliphatic heterocycles. The molecular weight excluding hydrogens is 360 g/mol. The summed E-state index contributed by atoms with van der Waals surface area (Å²) in [6.45, 7) is 8.05. The molecule has 0 aliphatic carbocycles. The molecule has 27 heavy (non-hydrogen) atoms. The molecule has 0 N–H and O–H groups in total. The van der Waals surface area contributed by atoms with Gasteiger partial charge in [0.1, 0.15) is 18.5 Å². The first-order chi connectivity index (χ1) is 12.9. The third-order valence-corrected chi connectivity index (χ3v) is 5.19. The average Bonchev–Trinajstić information content (AvgIpc) is 2.67. The number of methoxy groups -OCH3 is 1. The van der Waals surface area contributed by atoms with Crippen LogP contribution in [0.15, 0.2) is 36.4 Å². The van der Waals surface area contributed by atoms with Crippen molar-refractivity contribution in [3.05, 3.63) is 63.7 Å². The third kappa shape index (κ3) is 5.12. The van der Waals surface area contributed by atoms with Gasteiger partial charge >= 0.3 is 0 Å². The summed E-state index contributed by atoms with van der Waals surface area (Å²) < 4.78 is 11.7. The van der Waals surface area contributed by atoms with Crippen molar-refractivity contribution in [3.63, 3.8) is 0 Å². The Morgan fingerprint density at radius 3 is 2.44 bits per heavy atom. The highest BCUT2D eigenvalue weighted by atomic mass is 35.5. The van der Waals surface area contributed by atoms with Crippen LogP contribution in [0.3, 0.4) is 0 Å². The quantitative estimate of drug-likeness (QED) is 0.519. The van der Waals surface area contributed by atoms with Crippen molar-refractivity contribution in [1.82, 2.24) is 0 Å². The lowest BCUT2D eigenvalue weighted by Crippen LogP contribution is -2.16. The number of carbonyl (C=O) groups is 1. The molecular formula is C23H29ClO3. The molecule has 0 aromatic heterocycles. The number of Topliss-reactive ketones (excluding diaryl/α,β-unsaturated/α-hetero) is 1. The maximum atomic E-state index is 11.7. The fraction of sp³-hybridized carbons (Fsp3) is 0.435. The summed E-state index contributed by atoms with van der Waals surface area (Å²) in [6, 6.07) is 11.9. The summed E-state index contributed by atoms with van der Waals surface area (Å²) in [4.78, 5) is 11.7. The minimum Gasteiger partial charge on any atom is -0.496 e. The van der Waals surface area contributed by atoms with E-state index >= 15 is 0 Å². The van der Waals surface area contributed by atoms with Gasteiger partial charge in [0.2, 0.25) is 0 Å². The lowest BCUT2D eigenvalue weighted by Gasteiger charge is -2.26. The summed E-state index contributed by atoms with van der Waals surface area (Å²) >= 11 is 6.34. The molecule has 0 saturated heterocycles. The number of benzene rings is 2. The molecule has 0 bridgehead atoms. The highest BCUT2D eigenvalue weighted by Crippen LogP contribution is 2.38. The first-order valence-corrected chi connectivity index (χ1v) is 9.86. The van der Waals surface area contributed by atoms with Gasteiger partial charge in [-0.3, -0.25) is 4.79 Å². The van der Waals surface area contributed by atoms with Crippen LogP contribution in [0.4, 0.5) is 0 Å². The maximum Gasteiger partial charge on any atom is 0.155 e. The first kappa shape index (κ1) is 21.5. The van der Waals surface area contributed by atoms with Crippen LogP contribution >= 0.6 is 11.6 Å². The standard InChI is InChI=1S/C23H29ClO3/c1-6-15(3)19-12-11-17(24)13-21(19)23(27-14-16(4)25)20-9-8-10-22(26-5)18(20)7-2/h8-13,15,23H,6-7,14H2,1-5H3/t15?,23-/m1/s1. The van der Waals surface area contributed by atoms with Crippen molar-refractivity contribution in [3.8, 4) is 5.75 Å². The monoisotopic (exact) mass is 388 g/mol. The van der Waals surface area contributed by atoms with Crippen LogP contribution in [-0.4, -0.2) is 19.5 Å². The molecule has 2 aromatic rings. The molecule has 0 heterocycles. The Hall–Kier alpha value is -1.84. The Morgan fingerprint density at radius 2 is 1.85 bits per heavy atom. The fourth-order valence-corrected chi connectivity index (χ4v) is 3.57. The lowest BCUT2D eigenvalue weighted by molar-refractivity contribution is -0.122. The van der Waals surface area contributed by atoms with Crippen LogP contribution in [-0.2, 0) is 16.0 Å². The van der Waals surface area contributed by atoms with Gasteiger partial charge in [-0.05, 0) is 66.1 Å². The molecule has 2 atom stereocenters. The van der Waals surface area contributed by atoms with E-state index in [1.807, 2.05) is 30.3 Å². The molecule has 2 aromatic carbocycles. The molecule has 0 aliphatic rings. The van der Waals surface area contributed by atoms with E-state index in [0.717, 1.165) is 35.3 Å². The van der Waals surface area contributed by atoms with Gasteiger partial charge in [-0.15, -0.1) is 0 Å². The maximum absolute atomic E-state index is 11.7. The van der Waals surface area contributed by atoms with Crippen molar-refractivity contribution in [2.75, 3.05) is 13.7 Å². The van der Waals surface area contributed by atoms with Crippen LogP contribution in [0.25, 0.3) is 0 Å². The second-order valence-corrected chi connectivity index (χ2v) is 7.29. The smallest absolute Gasteiger partial charge is 0.155 e. The Bertz CT molecular complexity index is 785. The zero-order valence-electron chi connectivity index (χ0n) is 16.8. The van der Waals surface area contributed by atoms with E-state index in [0.29, 0.717) is 10.9 Å². The number of hydrogen-bond acceptors (Lipinski definition) is 3. The number of ketones is 1. The molecule has 0 spiro atoms. The number of hydrogen-bond donors (Lipinski definition) is 0. The number of halogens is 1. The summed E-state index contributed by atoms with van der Waals surface area (Å²) in [5.41, 5.74) is 4.31. The summed E-state index contributed by atoms with van der Waals surface area (Å²) in [5, 5.41) is 0.662. The number of rotatable bonds is 9. The first-order valence-electron chi connectivity index (χ1n) is 9.48. The highest BCUT2D eigenvalue weighted by molar-refractivity contribution is 6.30. The van der Waals surface area contributed by atoms with Crippen LogP contribution in [0, 0.1) is 0 Å². The molecule has 146 valence electrons. The van der Waals surface area contributed by atoms with E-state index in [2.05, 4.69) is 26.8 Å². The average molecular weight is 389 g/mol. The zero-order valence-corrected chi connectivity index (χ0v) is 17.6.